The van der Waals surface area contributed by atoms with Gasteiger partial charge in [0.05, 0.1) is 0 Å². The van der Waals surface area contributed by atoms with E-state index in [1.54, 1.807) is 11.9 Å². The minimum atomic E-state index is -0.958. The fraction of sp³-hybridized carbons (Fsp3) is 0.385. The summed E-state index contributed by atoms with van der Waals surface area (Å²) in [6.45, 7) is 0.602. The van der Waals surface area contributed by atoms with Gasteiger partial charge in [-0.05, 0) is 12.6 Å². The minimum absolute atomic E-state index is 0.419. The van der Waals surface area contributed by atoms with Crippen LogP contribution in [-0.2, 0) is 6.42 Å². The fourth-order valence-corrected chi connectivity index (χ4v) is 1.35. The molecule has 1 atom stereocenters. The molecule has 0 radical (unpaired) electrons. The SMILES string of the molecule is C#CCCN(C)[C@H]([18F])Cc1ccccc1. The predicted octanol–water partition coefficient (Wildman–Crippen LogP) is 2.48. The van der Waals surface area contributed by atoms with Crippen molar-refractivity contribution in [1.82, 2.24) is 4.90 Å². The molecule has 0 aliphatic rings. The summed E-state index contributed by atoms with van der Waals surface area (Å²) in [5.41, 5.74) is 1.01. The lowest BCUT2D eigenvalue weighted by molar-refractivity contribution is 0.112. The van der Waals surface area contributed by atoms with E-state index in [2.05, 4.69) is 5.92 Å². The number of terminal acetylenes is 1. The van der Waals surface area contributed by atoms with Crippen LogP contribution in [-0.4, -0.2) is 24.8 Å². The van der Waals surface area contributed by atoms with E-state index >= 15 is 0 Å². The van der Waals surface area contributed by atoms with Crippen LogP contribution in [0, 0.1) is 12.3 Å². The summed E-state index contributed by atoms with van der Waals surface area (Å²) in [4.78, 5) is 1.65. The molecule has 0 N–H and O–H groups in total. The second-order valence-electron chi connectivity index (χ2n) is 3.56. The largest absolute Gasteiger partial charge is 0.276 e. The highest BCUT2D eigenvalue weighted by molar-refractivity contribution is 5.15. The highest BCUT2D eigenvalue weighted by Gasteiger charge is 2.12. The Balaban J connectivity index is 2.42. The topological polar surface area (TPSA) is 3.24 Å². The first-order chi connectivity index (χ1) is 7.24. The second-order valence-corrected chi connectivity index (χ2v) is 3.56. The molecule has 80 valence electrons. The Morgan fingerprint density at radius 2 is 2.07 bits per heavy atom. The van der Waals surface area contributed by atoms with Gasteiger partial charge in [0.2, 0.25) is 0 Å². The fourth-order valence-electron chi connectivity index (χ4n) is 1.35. The van der Waals surface area contributed by atoms with E-state index in [-0.39, 0.29) is 0 Å². The maximum atomic E-state index is 13.7. The number of likely N-dealkylation sites (N-methyl/N-ethyl adjacent to an activating group) is 1. The predicted molar refractivity (Wildman–Crippen MR) is 61.1 cm³/mol. The van der Waals surface area contributed by atoms with E-state index in [1.807, 2.05) is 30.3 Å². The molecule has 0 aliphatic carbocycles. The molecule has 1 aromatic carbocycles. The van der Waals surface area contributed by atoms with Gasteiger partial charge in [0.1, 0.15) is 0 Å². The third-order valence-electron chi connectivity index (χ3n) is 2.33. The number of nitrogens with zero attached hydrogens (tertiary/aromatic N) is 1. The summed E-state index contributed by atoms with van der Waals surface area (Å²) in [5.74, 6) is 2.51. The lowest BCUT2D eigenvalue weighted by Gasteiger charge is -2.20. The molecule has 0 aliphatic heterocycles. The zero-order valence-corrected chi connectivity index (χ0v) is 8.99. The molecule has 0 spiro atoms. The normalized spacial score (nSPS) is 12.4. The summed E-state index contributed by atoms with van der Waals surface area (Å²) < 4.78 is 13.7. The lowest BCUT2D eigenvalue weighted by Crippen LogP contribution is -2.30. The van der Waals surface area contributed by atoms with Crippen LogP contribution in [0.3, 0.4) is 0 Å². The Morgan fingerprint density at radius 1 is 1.40 bits per heavy atom. The number of benzene rings is 1. The molecule has 0 unspecified atom stereocenters. The first-order valence-electron chi connectivity index (χ1n) is 5.05. The van der Waals surface area contributed by atoms with E-state index in [0.717, 1.165) is 5.56 Å². The molecule has 0 heterocycles. The van der Waals surface area contributed by atoms with Crippen LogP contribution >= 0.6 is 0 Å². The molecular weight excluding hydrogens is 188 g/mol. The molecule has 0 aromatic heterocycles. The van der Waals surface area contributed by atoms with Gasteiger partial charge in [0.15, 0.2) is 6.30 Å². The van der Waals surface area contributed by atoms with Crippen molar-refractivity contribution < 1.29 is 4.39 Å². The first-order valence-corrected chi connectivity index (χ1v) is 5.05. The summed E-state index contributed by atoms with van der Waals surface area (Å²) in [6, 6.07) is 9.63. The van der Waals surface area contributed by atoms with Gasteiger partial charge in [-0.1, -0.05) is 30.3 Å². The zero-order chi connectivity index (χ0) is 11.1. The summed E-state index contributed by atoms with van der Waals surface area (Å²) in [5, 5.41) is 0. The van der Waals surface area contributed by atoms with Gasteiger partial charge in [0.25, 0.3) is 0 Å². The van der Waals surface area contributed by atoms with Gasteiger partial charge in [-0.3, -0.25) is 4.90 Å². The van der Waals surface area contributed by atoms with Gasteiger partial charge < -0.3 is 0 Å². The number of hydrogen-bond donors (Lipinski definition) is 0. The Hall–Kier alpha value is -1.33. The van der Waals surface area contributed by atoms with Crippen LogP contribution < -0.4 is 0 Å². The smallest absolute Gasteiger partial charge is 0.157 e. The van der Waals surface area contributed by atoms with Crippen molar-refractivity contribution in [2.75, 3.05) is 13.6 Å². The van der Waals surface area contributed by atoms with Gasteiger partial charge in [0, 0.05) is 19.4 Å². The van der Waals surface area contributed by atoms with Crippen molar-refractivity contribution in [2.45, 2.75) is 19.1 Å². The molecule has 0 saturated carbocycles. The Bertz CT molecular complexity index is 315. The number of alkyl halides is 1. The Labute approximate surface area is 90.9 Å². The van der Waals surface area contributed by atoms with Crippen LogP contribution in [0.1, 0.15) is 12.0 Å². The first kappa shape index (κ1) is 11.7. The molecule has 2 heteroatoms. The second kappa shape index (κ2) is 6.21. The molecule has 1 aromatic rings. The highest BCUT2D eigenvalue weighted by Crippen LogP contribution is 2.08. The van der Waals surface area contributed by atoms with E-state index in [9.17, 15) is 4.39 Å². The average Bonchev–Trinajstić information content (AvgIpc) is 2.27. The molecule has 0 bridgehead atoms. The molecule has 1 nitrogen and oxygen atoms in total. The molecular formula is C13H16FN. The lowest BCUT2D eigenvalue weighted by atomic mass is 10.1. The maximum absolute atomic E-state index is 13.7. The zero-order valence-electron chi connectivity index (χ0n) is 8.99. The van der Waals surface area contributed by atoms with Crippen molar-refractivity contribution >= 4 is 0 Å². The van der Waals surface area contributed by atoms with Crippen molar-refractivity contribution in [3.63, 3.8) is 0 Å². The van der Waals surface area contributed by atoms with Crippen molar-refractivity contribution in [2.24, 2.45) is 0 Å². The van der Waals surface area contributed by atoms with E-state index in [0.29, 0.717) is 19.4 Å². The summed E-state index contributed by atoms with van der Waals surface area (Å²) in [6.07, 6.45) is 5.18. The third-order valence-corrected chi connectivity index (χ3v) is 2.33. The average molecular weight is 204 g/mol. The van der Waals surface area contributed by atoms with Crippen molar-refractivity contribution in [3.8, 4) is 12.3 Å². The van der Waals surface area contributed by atoms with E-state index < -0.39 is 6.30 Å². The maximum Gasteiger partial charge on any atom is 0.157 e. The van der Waals surface area contributed by atoms with Crippen LogP contribution in [0.5, 0.6) is 0 Å². The van der Waals surface area contributed by atoms with Crippen LogP contribution in [0.4, 0.5) is 4.39 Å². The molecule has 0 amide bonds. The minimum Gasteiger partial charge on any atom is -0.276 e. The van der Waals surface area contributed by atoms with Gasteiger partial charge in [-0.2, -0.15) is 0 Å². The van der Waals surface area contributed by atoms with Crippen LogP contribution in [0.2, 0.25) is 0 Å². The number of halogens is 1. The quantitative estimate of drug-likeness (QED) is 0.526. The van der Waals surface area contributed by atoms with Gasteiger partial charge >= 0.3 is 0 Å². The standard InChI is InChI=1S/C13H16FN/c1-3-4-10-15(2)13(14)11-12-8-6-5-7-9-12/h1,5-9,13H,4,10-11H2,2H3/t13-/m0/s1/i14-1. The molecule has 0 saturated heterocycles. The highest BCUT2D eigenvalue weighted by atomic mass is 18.2. The Kier molecular flexibility index (Phi) is 4.86. The van der Waals surface area contributed by atoms with Gasteiger partial charge in [-0.25, -0.2) is 4.39 Å². The Morgan fingerprint density at radius 3 is 2.67 bits per heavy atom. The monoisotopic (exact) mass is 204 g/mol. The van der Waals surface area contributed by atoms with E-state index in [1.165, 1.54) is 0 Å². The molecule has 15 heavy (non-hydrogen) atoms. The van der Waals surface area contributed by atoms with Crippen molar-refractivity contribution in [3.05, 3.63) is 35.9 Å². The number of hydrogen-bond acceptors (Lipinski definition) is 1. The summed E-state index contributed by atoms with van der Waals surface area (Å²) >= 11 is 0. The molecule has 0 fully saturated rings. The molecule has 1 rings (SSSR count). The summed E-state index contributed by atoms with van der Waals surface area (Å²) in [7, 11) is 1.75. The van der Waals surface area contributed by atoms with Crippen LogP contribution in [0.15, 0.2) is 30.3 Å². The van der Waals surface area contributed by atoms with Gasteiger partial charge in [-0.15, -0.1) is 12.3 Å². The van der Waals surface area contributed by atoms with Crippen molar-refractivity contribution in [1.29, 1.82) is 0 Å². The van der Waals surface area contributed by atoms with E-state index in [4.69, 9.17) is 6.42 Å². The third kappa shape index (κ3) is 4.14. The van der Waals surface area contributed by atoms with Crippen LogP contribution in [0.25, 0.3) is 0 Å². The number of rotatable bonds is 5.